The predicted molar refractivity (Wildman–Crippen MR) is 88.8 cm³/mol. The second-order valence-corrected chi connectivity index (χ2v) is 6.42. The Hall–Kier alpha value is -1.06. The van der Waals surface area contributed by atoms with E-state index in [2.05, 4.69) is 36.9 Å². The van der Waals surface area contributed by atoms with E-state index in [1.165, 1.54) is 37.9 Å². The van der Waals surface area contributed by atoms with Crippen molar-refractivity contribution < 1.29 is 4.74 Å². The number of ether oxygens (including phenoxy) is 1. The van der Waals surface area contributed by atoms with Gasteiger partial charge in [-0.2, -0.15) is 0 Å². The van der Waals surface area contributed by atoms with Gasteiger partial charge < -0.3 is 10.5 Å². The Kier molecular flexibility index (Phi) is 6.07. The standard InChI is InChI=1S/C18H30N2O/c1-3-12-21-17-9-7-8-16(13-17)14-18(2,15-19)20-10-5-4-6-11-20/h7-9,13H,3-6,10-12,14-15,19H2,1-2H3. The third kappa shape index (κ3) is 4.45. The van der Waals surface area contributed by atoms with E-state index in [9.17, 15) is 0 Å². The molecule has 1 unspecified atom stereocenters. The SMILES string of the molecule is CCCOc1cccc(CC(C)(CN)N2CCCCC2)c1. The summed E-state index contributed by atoms with van der Waals surface area (Å²) in [4.78, 5) is 2.58. The van der Waals surface area contributed by atoms with Crippen LogP contribution in [0.15, 0.2) is 24.3 Å². The molecule has 1 fully saturated rings. The first-order chi connectivity index (χ1) is 10.2. The molecule has 1 aromatic rings. The largest absolute Gasteiger partial charge is 0.494 e. The molecule has 3 nitrogen and oxygen atoms in total. The van der Waals surface area contributed by atoms with Crippen LogP contribution in [0.5, 0.6) is 5.75 Å². The van der Waals surface area contributed by atoms with Crippen LogP contribution in [0.3, 0.4) is 0 Å². The molecule has 1 saturated heterocycles. The third-order valence-electron chi connectivity index (χ3n) is 4.52. The molecule has 0 bridgehead atoms. The zero-order valence-electron chi connectivity index (χ0n) is 13.6. The second kappa shape index (κ2) is 7.81. The Morgan fingerprint density at radius 3 is 2.67 bits per heavy atom. The Labute approximate surface area is 129 Å². The van der Waals surface area contributed by atoms with E-state index in [0.717, 1.165) is 25.2 Å². The minimum atomic E-state index is 0.0593. The highest BCUT2D eigenvalue weighted by atomic mass is 16.5. The molecule has 3 heteroatoms. The Morgan fingerprint density at radius 1 is 1.24 bits per heavy atom. The molecule has 2 N–H and O–H groups in total. The highest BCUT2D eigenvalue weighted by Gasteiger charge is 2.31. The number of piperidine rings is 1. The molecule has 21 heavy (non-hydrogen) atoms. The molecule has 118 valence electrons. The minimum Gasteiger partial charge on any atom is -0.494 e. The second-order valence-electron chi connectivity index (χ2n) is 6.42. The Morgan fingerprint density at radius 2 is 2.00 bits per heavy atom. The molecule has 1 aliphatic heterocycles. The van der Waals surface area contributed by atoms with Crippen molar-refractivity contribution >= 4 is 0 Å². The summed E-state index contributed by atoms with van der Waals surface area (Å²) in [6.07, 6.45) is 5.99. The van der Waals surface area contributed by atoms with Crippen LogP contribution in [0.2, 0.25) is 0 Å². The maximum Gasteiger partial charge on any atom is 0.119 e. The number of rotatable bonds is 7. The van der Waals surface area contributed by atoms with Gasteiger partial charge in [-0.25, -0.2) is 0 Å². The fraction of sp³-hybridized carbons (Fsp3) is 0.667. The van der Waals surface area contributed by atoms with E-state index < -0.39 is 0 Å². The Balaban J connectivity index is 2.06. The van der Waals surface area contributed by atoms with Crippen molar-refractivity contribution in [2.45, 2.75) is 51.5 Å². The molecule has 0 radical (unpaired) electrons. The van der Waals surface area contributed by atoms with E-state index in [1.807, 2.05) is 6.07 Å². The van der Waals surface area contributed by atoms with Gasteiger partial charge >= 0.3 is 0 Å². The molecule has 2 rings (SSSR count). The summed E-state index contributed by atoms with van der Waals surface area (Å²) >= 11 is 0. The normalized spacial score (nSPS) is 19.2. The van der Waals surface area contributed by atoms with Gasteiger partial charge in [-0.1, -0.05) is 25.5 Å². The average molecular weight is 290 g/mol. The summed E-state index contributed by atoms with van der Waals surface area (Å²) in [5, 5.41) is 0. The van der Waals surface area contributed by atoms with Crippen LogP contribution in [-0.4, -0.2) is 36.7 Å². The highest BCUT2D eigenvalue weighted by molar-refractivity contribution is 5.30. The van der Waals surface area contributed by atoms with E-state index in [1.54, 1.807) is 0 Å². The fourth-order valence-corrected chi connectivity index (χ4v) is 3.15. The van der Waals surface area contributed by atoms with Gasteiger partial charge in [0, 0.05) is 12.1 Å². The molecule has 0 saturated carbocycles. The highest BCUT2D eigenvalue weighted by Crippen LogP contribution is 2.25. The van der Waals surface area contributed by atoms with E-state index >= 15 is 0 Å². The zero-order chi connectivity index (χ0) is 15.1. The monoisotopic (exact) mass is 290 g/mol. The van der Waals surface area contributed by atoms with Crippen molar-refractivity contribution in [3.05, 3.63) is 29.8 Å². The van der Waals surface area contributed by atoms with Gasteiger partial charge in [0.1, 0.15) is 5.75 Å². The van der Waals surface area contributed by atoms with Gasteiger partial charge in [-0.3, -0.25) is 4.90 Å². The quantitative estimate of drug-likeness (QED) is 0.838. The van der Waals surface area contributed by atoms with Crippen LogP contribution in [0.25, 0.3) is 0 Å². The summed E-state index contributed by atoms with van der Waals surface area (Å²) < 4.78 is 5.74. The van der Waals surface area contributed by atoms with Crippen molar-refractivity contribution in [3.8, 4) is 5.75 Å². The molecular weight excluding hydrogens is 260 g/mol. The first-order valence-corrected chi connectivity index (χ1v) is 8.35. The molecule has 0 aromatic heterocycles. The molecule has 0 amide bonds. The van der Waals surface area contributed by atoms with Gasteiger partial charge in [-0.05, 0) is 63.4 Å². The molecule has 1 aromatic carbocycles. The molecule has 1 heterocycles. The van der Waals surface area contributed by atoms with Crippen LogP contribution in [0, 0.1) is 0 Å². The van der Waals surface area contributed by atoms with Crippen LogP contribution in [0.4, 0.5) is 0 Å². The van der Waals surface area contributed by atoms with E-state index in [0.29, 0.717) is 6.54 Å². The van der Waals surface area contributed by atoms with Crippen molar-refractivity contribution in [1.82, 2.24) is 4.90 Å². The molecule has 1 atom stereocenters. The predicted octanol–water partition coefficient (Wildman–Crippen LogP) is 3.22. The molecule has 0 aliphatic carbocycles. The van der Waals surface area contributed by atoms with Crippen molar-refractivity contribution in [3.63, 3.8) is 0 Å². The fourth-order valence-electron chi connectivity index (χ4n) is 3.15. The summed E-state index contributed by atoms with van der Waals surface area (Å²) in [5.41, 5.74) is 7.51. The molecule has 0 spiro atoms. The van der Waals surface area contributed by atoms with Crippen LogP contribution in [-0.2, 0) is 6.42 Å². The van der Waals surface area contributed by atoms with Crippen molar-refractivity contribution in [2.24, 2.45) is 5.73 Å². The number of hydrogen-bond acceptors (Lipinski definition) is 3. The van der Waals surface area contributed by atoms with Gasteiger partial charge in [0.05, 0.1) is 6.61 Å². The van der Waals surface area contributed by atoms with Gasteiger partial charge in [0.25, 0.3) is 0 Å². The topological polar surface area (TPSA) is 38.5 Å². The number of nitrogens with zero attached hydrogens (tertiary/aromatic N) is 1. The lowest BCUT2D eigenvalue weighted by molar-refractivity contribution is 0.0869. The molecule has 1 aliphatic rings. The minimum absolute atomic E-state index is 0.0593. The maximum atomic E-state index is 6.13. The number of hydrogen-bond donors (Lipinski definition) is 1. The maximum absolute atomic E-state index is 6.13. The van der Waals surface area contributed by atoms with Crippen LogP contribution in [0.1, 0.15) is 45.1 Å². The Bertz CT molecular complexity index is 429. The van der Waals surface area contributed by atoms with Crippen LogP contribution < -0.4 is 10.5 Å². The first-order valence-electron chi connectivity index (χ1n) is 8.35. The van der Waals surface area contributed by atoms with Crippen LogP contribution >= 0.6 is 0 Å². The number of nitrogens with two attached hydrogens (primary N) is 1. The van der Waals surface area contributed by atoms with E-state index in [4.69, 9.17) is 10.5 Å². The van der Waals surface area contributed by atoms with Crippen molar-refractivity contribution in [2.75, 3.05) is 26.2 Å². The summed E-state index contributed by atoms with van der Waals surface area (Å²) in [6, 6.07) is 8.50. The zero-order valence-corrected chi connectivity index (χ0v) is 13.6. The summed E-state index contributed by atoms with van der Waals surface area (Å²) in [7, 11) is 0. The summed E-state index contributed by atoms with van der Waals surface area (Å²) in [5.74, 6) is 0.979. The number of likely N-dealkylation sites (tertiary alicyclic amines) is 1. The first kappa shape index (κ1) is 16.3. The lowest BCUT2D eigenvalue weighted by Gasteiger charge is -2.43. The lowest BCUT2D eigenvalue weighted by atomic mass is 9.89. The third-order valence-corrected chi connectivity index (χ3v) is 4.52. The van der Waals surface area contributed by atoms with Gasteiger partial charge in [-0.15, -0.1) is 0 Å². The van der Waals surface area contributed by atoms with Gasteiger partial charge in [0.15, 0.2) is 0 Å². The lowest BCUT2D eigenvalue weighted by Crippen LogP contribution is -2.54. The van der Waals surface area contributed by atoms with Gasteiger partial charge in [0.2, 0.25) is 0 Å². The van der Waals surface area contributed by atoms with E-state index in [-0.39, 0.29) is 5.54 Å². The summed E-state index contributed by atoms with van der Waals surface area (Å²) in [6.45, 7) is 8.28. The number of benzene rings is 1. The van der Waals surface area contributed by atoms with Crippen molar-refractivity contribution in [1.29, 1.82) is 0 Å². The average Bonchev–Trinajstić information content (AvgIpc) is 2.54. The smallest absolute Gasteiger partial charge is 0.119 e. The molecular formula is C18H30N2O.